The molecule has 2 unspecified atom stereocenters. The number of hydrogen-bond donors (Lipinski definition) is 0. The van der Waals surface area contributed by atoms with Crippen LogP contribution in [0, 0.1) is 0 Å². The van der Waals surface area contributed by atoms with Gasteiger partial charge in [-0.15, -0.1) is 0 Å². The minimum absolute atomic E-state index is 0.0485. The largest absolute Gasteiger partial charge is 0.756 e. The Kier molecular flexibility index (Phi) is 59.9. The number of phosphoric acid groups is 1. The van der Waals surface area contributed by atoms with E-state index in [9.17, 15) is 19.0 Å². The third-order valence-electron chi connectivity index (χ3n) is 13.5. The van der Waals surface area contributed by atoms with Gasteiger partial charge in [0.15, 0.2) is 6.10 Å². The number of likely N-dealkylation sites (N-methyl/N-ethyl adjacent to an activating group) is 1. The van der Waals surface area contributed by atoms with Crippen LogP contribution in [-0.4, -0.2) is 70.0 Å². The number of ether oxygens (including phenoxy) is 2. The third-order valence-corrected chi connectivity index (χ3v) is 14.5. The molecule has 10 heteroatoms. The summed E-state index contributed by atoms with van der Waals surface area (Å²) in [5, 5.41) is 0. The van der Waals surface area contributed by atoms with Gasteiger partial charge in [0.25, 0.3) is 7.82 Å². The summed E-state index contributed by atoms with van der Waals surface area (Å²) >= 11 is 0. The molecule has 0 aliphatic carbocycles. The van der Waals surface area contributed by atoms with Crippen molar-refractivity contribution in [2.24, 2.45) is 0 Å². The molecule has 9 nitrogen and oxygen atoms in total. The Labute approximate surface area is 516 Å². The predicted octanol–water partition coefficient (Wildman–Crippen LogP) is 21.0. The number of hydrogen-bond acceptors (Lipinski definition) is 8. The maximum absolute atomic E-state index is 12.8. The summed E-state index contributed by atoms with van der Waals surface area (Å²) in [5.74, 6) is -0.896. The molecule has 0 heterocycles. The number of phosphoric ester groups is 1. The van der Waals surface area contributed by atoms with E-state index in [0.29, 0.717) is 23.9 Å². The Balaban J connectivity index is 4.25. The second-order valence-corrected chi connectivity index (χ2v) is 24.2. The van der Waals surface area contributed by atoms with Crippen molar-refractivity contribution in [1.82, 2.24) is 0 Å². The van der Waals surface area contributed by atoms with Crippen molar-refractivity contribution >= 4 is 19.8 Å². The van der Waals surface area contributed by atoms with Gasteiger partial charge in [0, 0.05) is 12.8 Å². The lowest BCUT2D eigenvalue weighted by molar-refractivity contribution is -0.870. The number of allylic oxidation sites excluding steroid dienone is 26. The van der Waals surface area contributed by atoms with Crippen molar-refractivity contribution in [1.29, 1.82) is 0 Å². The molecule has 0 spiro atoms. The molecule has 0 aliphatic rings. The van der Waals surface area contributed by atoms with E-state index in [2.05, 4.69) is 172 Å². The highest BCUT2D eigenvalue weighted by atomic mass is 31.2. The quantitative estimate of drug-likeness (QED) is 0.0195. The van der Waals surface area contributed by atoms with Crippen LogP contribution in [0.2, 0.25) is 0 Å². The van der Waals surface area contributed by atoms with Gasteiger partial charge in [-0.1, -0.05) is 262 Å². The lowest BCUT2D eigenvalue weighted by Crippen LogP contribution is -2.37. The molecular weight excluding hydrogens is 1060 g/mol. The molecule has 2 atom stereocenters. The summed E-state index contributed by atoms with van der Waals surface area (Å²) in [5.41, 5.74) is 0. The molecule has 0 aromatic carbocycles. The zero-order valence-corrected chi connectivity index (χ0v) is 54.9. The van der Waals surface area contributed by atoms with Gasteiger partial charge in [-0.05, 0) is 128 Å². The van der Waals surface area contributed by atoms with Crippen LogP contribution in [-0.2, 0) is 32.7 Å². The Morgan fingerprint density at radius 3 is 1.04 bits per heavy atom. The Morgan fingerprint density at radius 1 is 0.381 bits per heavy atom. The summed E-state index contributed by atoms with van der Waals surface area (Å²) in [6.45, 7) is 4.05. The van der Waals surface area contributed by atoms with Crippen LogP contribution in [0.25, 0.3) is 0 Å². The first-order valence-electron chi connectivity index (χ1n) is 33.2. The van der Waals surface area contributed by atoms with Crippen molar-refractivity contribution in [2.45, 2.75) is 251 Å². The second-order valence-electron chi connectivity index (χ2n) is 22.7. The summed E-state index contributed by atoms with van der Waals surface area (Å²) in [7, 11) is 1.11. The predicted molar refractivity (Wildman–Crippen MR) is 360 cm³/mol. The van der Waals surface area contributed by atoms with Gasteiger partial charge in [-0.25, -0.2) is 0 Å². The number of carbonyl (C=O) groups is 2. The molecule has 0 radical (unpaired) electrons. The van der Waals surface area contributed by atoms with E-state index in [4.69, 9.17) is 18.5 Å². The zero-order valence-electron chi connectivity index (χ0n) is 54.0. The SMILES string of the molecule is CC/C=C\C/C=C\C/C=C\C/C=C\C/C=C\C/C=C\C/C=C\C/C=C\C/C=C\C/C=C\CCCCC(=O)OC(COC(=O)CCCCCCCCCCCCCC/C=C\C/C=C\C/C=C\CCCCCCC)COP(=O)([O-])OCC[N+](C)(C)C. The molecule has 0 aliphatic heterocycles. The molecule has 476 valence electrons. The van der Waals surface area contributed by atoms with Crippen LogP contribution in [0.1, 0.15) is 245 Å². The maximum atomic E-state index is 12.8. The third kappa shape index (κ3) is 66.8. The molecule has 0 bridgehead atoms. The topological polar surface area (TPSA) is 111 Å². The number of carbonyl (C=O) groups excluding carboxylic acids is 2. The molecule has 0 amide bonds. The first-order valence-corrected chi connectivity index (χ1v) is 34.7. The molecule has 0 saturated carbocycles. The zero-order chi connectivity index (χ0) is 61.2. The highest BCUT2D eigenvalue weighted by molar-refractivity contribution is 7.45. The average Bonchev–Trinajstić information content (AvgIpc) is 3.61. The molecular formula is C74H122NO8P. The van der Waals surface area contributed by atoms with E-state index < -0.39 is 32.5 Å². The van der Waals surface area contributed by atoms with Crippen molar-refractivity contribution < 1.29 is 42.1 Å². The van der Waals surface area contributed by atoms with Gasteiger partial charge < -0.3 is 27.9 Å². The van der Waals surface area contributed by atoms with Crippen molar-refractivity contribution in [3.05, 3.63) is 158 Å². The maximum Gasteiger partial charge on any atom is 0.306 e. The first-order chi connectivity index (χ1) is 41.0. The van der Waals surface area contributed by atoms with Crippen LogP contribution >= 0.6 is 7.82 Å². The van der Waals surface area contributed by atoms with Gasteiger partial charge >= 0.3 is 11.9 Å². The standard InChI is InChI=1S/C74H122NO8P/c1-6-8-10-12-14-16-18-20-22-24-26-28-30-32-34-35-36-37-38-39-41-43-45-47-49-51-53-55-57-59-61-63-65-67-74(77)83-72(71-82-84(78,79)81-69-68-75(3,4)5)70-80-73(76)66-64-62-60-58-56-54-52-50-48-46-44-42-40-33-31-29-27-25-23-21-19-17-15-13-11-9-7-2/h8,10,14,16,19-22,25-28,31-34,36-37,39,41,45,47,51,53,57,59,72H,6-7,9,11-13,15,17-18,23-24,29-30,35,38,40,42-44,46,48-50,52,54-56,58,60-71H2,1-5H3/b10-8-,16-14-,21-19-,22-20-,27-25-,28-26-,33-31-,34-32-,37-36-,41-39-,47-45-,53-51-,59-57-. The van der Waals surface area contributed by atoms with Crippen molar-refractivity contribution in [2.75, 3.05) is 47.5 Å². The van der Waals surface area contributed by atoms with Crippen LogP contribution in [0.4, 0.5) is 0 Å². The van der Waals surface area contributed by atoms with E-state index in [1.165, 1.54) is 96.3 Å². The number of unbranched alkanes of at least 4 members (excludes halogenated alkanes) is 19. The molecule has 0 N–H and O–H groups in total. The summed E-state index contributed by atoms with van der Waals surface area (Å²) in [6.07, 6.45) is 94.5. The minimum atomic E-state index is -4.67. The molecule has 0 rings (SSSR count). The van der Waals surface area contributed by atoms with E-state index in [0.717, 1.165) is 109 Å². The van der Waals surface area contributed by atoms with Gasteiger partial charge in [-0.2, -0.15) is 0 Å². The van der Waals surface area contributed by atoms with Gasteiger partial charge in [0.1, 0.15) is 19.8 Å². The van der Waals surface area contributed by atoms with Crippen LogP contribution in [0.15, 0.2) is 158 Å². The number of nitrogens with zero attached hydrogens (tertiary/aromatic N) is 1. The lowest BCUT2D eigenvalue weighted by atomic mass is 10.0. The van der Waals surface area contributed by atoms with E-state index in [1.54, 1.807) is 0 Å². The first kappa shape index (κ1) is 79.6. The van der Waals surface area contributed by atoms with Gasteiger partial charge in [0.2, 0.25) is 0 Å². The molecule has 84 heavy (non-hydrogen) atoms. The Bertz CT molecular complexity index is 1970. The fraction of sp³-hybridized carbons (Fsp3) is 0.622. The van der Waals surface area contributed by atoms with Gasteiger partial charge in [0.05, 0.1) is 27.7 Å². The Hall–Kier alpha value is -4.37. The van der Waals surface area contributed by atoms with Crippen molar-refractivity contribution in [3.63, 3.8) is 0 Å². The molecule has 0 aromatic rings. The number of esters is 2. The van der Waals surface area contributed by atoms with Crippen LogP contribution in [0.3, 0.4) is 0 Å². The number of rotatable bonds is 59. The highest BCUT2D eigenvalue weighted by Gasteiger charge is 2.22. The fourth-order valence-corrected chi connectivity index (χ4v) is 9.18. The fourth-order valence-electron chi connectivity index (χ4n) is 8.46. The highest BCUT2D eigenvalue weighted by Crippen LogP contribution is 2.38. The number of quaternary nitrogens is 1. The van der Waals surface area contributed by atoms with Crippen LogP contribution in [0.5, 0.6) is 0 Å². The second kappa shape index (κ2) is 63.1. The average molecular weight is 1180 g/mol. The molecule has 0 fully saturated rings. The summed E-state index contributed by atoms with van der Waals surface area (Å²) in [6, 6.07) is 0. The van der Waals surface area contributed by atoms with Crippen LogP contribution < -0.4 is 4.89 Å². The summed E-state index contributed by atoms with van der Waals surface area (Å²) < 4.78 is 34.2. The monoisotopic (exact) mass is 1180 g/mol. The molecule has 0 saturated heterocycles. The lowest BCUT2D eigenvalue weighted by Gasteiger charge is -2.28. The Morgan fingerprint density at radius 2 is 0.679 bits per heavy atom. The normalized spacial score (nSPS) is 14.2. The van der Waals surface area contributed by atoms with E-state index in [1.807, 2.05) is 21.1 Å². The smallest absolute Gasteiger partial charge is 0.306 e. The van der Waals surface area contributed by atoms with E-state index >= 15 is 0 Å². The van der Waals surface area contributed by atoms with Gasteiger partial charge in [-0.3, -0.25) is 14.2 Å². The minimum Gasteiger partial charge on any atom is -0.756 e. The molecule has 0 aromatic heterocycles. The van der Waals surface area contributed by atoms with Crippen molar-refractivity contribution in [3.8, 4) is 0 Å². The van der Waals surface area contributed by atoms with E-state index in [-0.39, 0.29) is 26.1 Å². The summed E-state index contributed by atoms with van der Waals surface area (Å²) in [4.78, 5) is 38.0.